The smallest absolute Gasteiger partial charge is 0.389 e. The number of rotatable bonds is 1. The van der Waals surface area contributed by atoms with E-state index in [-0.39, 0.29) is 17.1 Å². The Morgan fingerprint density at radius 1 is 1.03 bits per heavy atom. The molecule has 2 aromatic rings. The summed E-state index contributed by atoms with van der Waals surface area (Å²) in [6.07, 6.45) is 3.36. The van der Waals surface area contributed by atoms with Crippen molar-refractivity contribution in [2.45, 2.75) is 46.5 Å². The standard InChI is InChI=1S/C21H28ClN5O3/c1-13-4-8-25(9-5-13)20(28)27-18-17(15(3)12-16(22)23-18)19(24-27)30-21(29)26-10-6-14(2)7-11-26/h12-14H,4-11H2,1-3H3. The van der Waals surface area contributed by atoms with E-state index in [1.54, 1.807) is 15.9 Å². The number of nitrogens with zero attached hydrogens (tertiary/aromatic N) is 5. The normalized spacial score (nSPS) is 18.8. The fourth-order valence-corrected chi connectivity index (χ4v) is 4.34. The van der Waals surface area contributed by atoms with Gasteiger partial charge in [-0.05, 0) is 56.1 Å². The van der Waals surface area contributed by atoms with Crippen LogP contribution in [0.2, 0.25) is 5.15 Å². The number of hydrogen-bond acceptors (Lipinski definition) is 5. The molecule has 2 saturated heterocycles. The van der Waals surface area contributed by atoms with E-state index in [0.29, 0.717) is 49.0 Å². The van der Waals surface area contributed by atoms with Crippen molar-refractivity contribution in [2.24, 2.45) is 11.8 Å². The van der Waals surface area contributed by atoms with Gasteiger partial charge in [0, 0.05) is 26.2 Å². The fraction of sp³-hybridized carbons (Fsp3) is 0.619. The summed E-state index contributed by atoms with van der Waals surface area (Å²) < 4.78 is 6.89. The highest BCUT2D eigenvalue weighted by Crippen LogP contribution is 2.30. The number of halogens is 1. The Morgan fingerprint density at radius 3 is 2.20 bits per heavy atom. The minimum absolute atomic E-state index is 0.106. The van der Waals surface area contributed by atoms with Gasteiger partial charge in [-0.1, -0.05) is 25.4 Å². The number of aromatic nitrogens is 3. The zero-order chi connectivity index (χ0) is 21.4. The molecule has 0 N–H and O–H groups in total. The van der Waals surface area contributed by atoms with E-state index in [4.69, 9.17) is 16.3 Å². The third-order valence-electron chi connectivity index (χ3n) is 6.23. The van der Waals surface area contributed by atoms with Crippen molar-refractivity contribution >= 4 is 34.8 Å². The van der Waals surface area contributed by atoms with Crippen LogP contribution in [0, 0.1) is 18.8 Å². The zero-order valence-corrected chi connectivity index (χ0v) is 18.5. The minimum atomic E-state index is -0.443. The van der Waals surface area contributed by atoms with E-state index < -0.39 is 6.09 Å². The number of carbonyl (C=O) groups excluding carboxylic acids is 2. The van der Waals surface area contributed by atoms with Gasteiger partial charge >= 0.3 is 12.1 Å². The van der Waals surface area contributed by atoms with Crippen molar-refractivity contribution in [2.75, 3.05) is 26.2 Å². The summed E-state index contributed by atoms with van der Waals surface area (Å²) >= 11 is 6.16. The molecule has 2 aromatic heterocycles. The second-order valence-corrected chi connectivity index (χ2v) is 9.05. The van der Waals surface area contributed by atoms with Gasteiger partial charge in [0.2, 0.25) is 0 Å². The van der Waals surface area contributed by atoms with Gasteiger partial charge < -0.3 is 14.5 Å². The first-order valence-electron chi connectivity index (χ1n) is 10.7. The predicted molar refractivity (Wildman–Crippen MR) is 114 cm³/mol. The molecule has 0 saturated carbocycles. The second kappa shape index (κ2) is 8.41. The molecule has 2 aliphatic rings. The van der Waals surface area contributed by atoms with Crippen LogP contribution in [-0.4, -0.2) is 62.9 Å². The molecular formula is C21H28ClN5O3. The van der Waals surface area contributed by atoms with Crippen LogP contribution >= 0.6 is 11.6 Å². The first kappa shape index (κ1) is 20.9. The number of fused-ring (bicyclic) bond motifs is 1. The van der Waals surface area contributed by atoms with Gasteiger partial charge in [-0.2, -0.15) is 4.68 Å². The maximum absolute atomic E-state index is 13.2. The first-order chi connectivity index (χ1) is 14.3. The lowest BCUT2D eigenvalue weighted by molar-refractivity contribution is 0.131. The Labute approximate surface area is 181 Å². The second-order valence-electron chi connectivity index (χ2n) is 8.67. The van der Waals surface area contributed by atoms with Crippen molar-refractivity contribution in [3.63, 3.8) is 0 Å². The number of likely N-dealkylation sites (tertiary alicyclic amines) is 2. The molecule has 0 bridgehead atoms. The summed E-state index contributed by atoms with van der Waals surface area (Å²) in [6, 6.07) is 1.42. The number of piperidine rings is 2. The molecule has 2 aliphatic heterocycles. The van der Waals surface area contributed by atoms with Crippen molar-refractivity contribution < 1.29 is 14.3 Å². The Kier molecular flexibility index (Phi) is 5.86. The van der Waals surface area contributed by atoms with Gasteiger partial charge in [0.25, 0.3) is 5.88 Å². The minimum Gasteiger partial charge on any atom is -0.389 e. The number of aryl methyl sites for hydroxylation is 1. The van der Waals surface area contributed by atoms with Gasteiger partial charge in [-0.3, -0.25) is 0 Å². The number of pyridine rings is 1. The predicted octanol–water partition coefficient (Wildman–Crippen LogP) is 4.32. The Morgan fingerprint density at radius 2 is 1.60 bits per heavy atom. The molecule has 0 unspecified atom stereocenters. The number of carbonyl (C=O) groups is 2. The summed E-state index contributed by atoms with van der Waals surface area (Å²) in [5.74, 6) is 1.31. The van der Waals surface area contributed by atoms with Crippen molar-refractivity contribution in [3.05, 3.63) is 16.8 Å². The van der Waals surface area contributed by atoms with E-state index in [1.807, 2.05) is 6.92 Å². The maximum Gasteiger partial charge on any atom is 0.416 e. The van der Waals surface area contributed by atoms with E-state index in [1.165, 1.54) is 4.68 Å². The average Bonchev–Trinajstić information content (AvgIpc) is 3.06. The molecule has 2 amide bonds. The van der Waals surface area contributed by atoms with Crippen LogP contribution in [0.5, 0.6) is 5.88 Å². The Bertz CT molecular complexity index is 959. The van der Waals surface area contributed by atoms with Crippen molar-refractivity contribution in [1.82, 2.24) is 24.6 Å². The third kappa shape index (κ3) is 4.10. The van der Waals surface area contributed by atoms with Crippen LogP contribution in [0.15, 0.2) is 6.07 Å². The molecule has 0 radical (unpaired) electrons. The van der Waals surface area contributed by atoms with Gasteiger partial charge in [0.1, 0.15) is 5.15 Å². The quantitative estimate of drug-likeness (QED) is 0.625. The maximum atomic E-state index is 13.2. The highest BCUT2D eigenvalue weighted by molar-refractivity contribution is 6.30. The topological polar surface area (TPSA) is 80.6 Å². The summed E-state index contributed by atoms with van der Waals surface area (Å²) in [5.41, 5.74) is 1.07. The van der Waals surface area contributed by atoms with E-state index in [2.05, 4.69) is 23.9 Å². The number of amides is 2. The van der Waals surface area contributed by atoms with Gasteiger partial charge in [0.15, 0.2) is 5.65 Å². The summed E-state index contributed by atoms with van der Waals surface area (Å²) in [6.45, 7) is 8.87. The molecule has 0 spiro atoms. The highest BCUT2D eigenvalue weighted by atomic mass is 35.5. The lowest BCUT2D eigenvalue weighted by Gasteiger charge is -2.29. The molecule has 4 rings (SSSR count). The Hall–Kier alpha value is -2.35. The highest BCUT2D eigenvalue weighted by Gasteiger charge is 2.29. The lowest BCUT2D eigenvalue weighted by atomic mass is 10.00. The van der Waals surface area contributed by atoms with Gasteiger partial charge in [-0.25, -0.2) is 14.6 Å². The van der Waals surface area contributed by atoms with Crippen molar-refractivity contribution in [1.29, 1.82) is 0 Å². The van der Waals surface area contributed by atoms with E-state index in [9.17, 15) is 9.59 Å². The molecule has 30 heavy (non-hydrogen) atoms. The van der Waals surface area contributed by atoms with Crippen LogP contribution in [0.4, 0.5) is 9.59 Å². The lowest BCUT2D eigenvalue weighted by Crippen LogP contribution is -2.41. The van der Waals surface area contributed by atoms with Crippen molar-refractivity contribution in [3.8, 4) is 5.88 Å². The van der Waals surface area contributed by atoms with Crippen LogP contribution in [-0.2, 0) is 0 Å². The monoisotopic (exact) mass is 433 g/mol. The molecule has 4 heterocycles. The molecule has 0 aromatic carbocycles. The molecule has 9 heteroatoms. The van der Waals surface area contributed by atoms with Crippen LogP contribution in [0.3, 0.4) is 0 Å². The average molecular weight is 434 g/mol. The van der Waals surface area contributed by atoms with E-state index >= 15 is 0 Å². The van der Waals surface area contributed by atoms with Crippen LogP contribution in [0.1, 0.15) is 45.1 Å². The van der Waals surface area contributed by atoms with E-state index in [0.717, 1.165) is 31.2 Å². The molecule has 162 valence electrons. The molecule has 0 atom stereocenters. The number of hydrogen-bond donors (Lipinski definition) is 0. The van der Waals surface area contributed by atoms with Gasteiger partial charge in [0.05, 0.1) is 5.39 Å². The SMILES string of the molecule is Cc1cc(Cl)nc2c1c(OC(=O)N1CCC(C)CC1)nn2C(=O)N1CCC(C)CC1. The zero-order valence-electron chi connectivity index (χ0n) is 17.7. The Balaban J connectivity index is 1.65. The van der Waals surface area contributed by atoms with Crippen LogP contribution < -0.4 is 4.74 Å². The molecular weight excluding hydrogens is 406 g/mol. The third-order valence-corrected chi connectivity index (χ3v) is 6.43. The molecule has 0 aliphatic carbocycles. The first-order valence-corrected chi connectivity index (χ1v) is 11.0. The van der Waals surface area contributed by atoms with Crippen LogP contribution in [0.25, 0.3) is 11.0 Å². The molecule has 2 fully saturated rings. The number of ether oxygens (including phenoxy) is 1. The largest absolute Gasteiger partial charge is 0.416 e. The van der Waals surface area contributed by atoms with Gasteiger partial charge in [-0.15, -0.1) is 5.10 Å². The molecule has 8 nitrogen and oxygen atoms in total. The summed E-state index contributed by atoms with van der Waals surface area (Å²) in [5, 5.41) is 5.18. The fourth-order valence-electron chi connectivity index (χ4n) is 4.10. The summed E-state index contributed by atoms with van der Waals surface area (Å²) in [4.78, 5) is 33.7. The summed E-state index contributed by atoms with van der Waals surface area (Å²) in [7, 11) is 0.